The van der Waals surface area contributed by atoms with E-state index in [1.807, 2.05) is 85.8 Å². The van der Waals surface area contributed by atoms with E-state index in [0.717, 1.165) is 22.5 Å². The molecule has 3 aromatic carbocycles. The molecule has 0 unspecified atom stereocenters. The van der Waals surface area contributed by atoms with Gasteiger partial charge in [-0.1, -0.05) is 42.5 Å². The summed E-state index contributed by atoms with van der Waals surface area (Å²) in [6.45, 7) is 3.33. The molecule has 0 aromatic heterocycles. The molecular weight excluding hydrogens is 362 g/mol. The summed E-state index contributed by atoms with van der Waals surface area (Å²) in [7, 11) is 0. The van der Waals surface area contributed by atoms with Crippen LogP contribution in [-0.2, 0) is 9.59 Å². The predicted octanol–water partition coefficient (Wildman–Crippen LogP) is 4.85. The fraction of sp³-hybridized carbons (Fsp3) is 0.0833. The SMILES string of the molecule is CC(=O)NC(=Cc1ccccc1C)C(=O)Nc1ccc(Nc2ccccc2)cc1. The van der Waals surface area contributed by atoms with Crippen LogP contribution in [0, 0.1) is 6.92 Å². The molecule has 5 nitrogen and oxygen atoms in total. The van der Waals surface area contributed by atoms with E-state index >= 15 is 0 Å². The van der Waals surface area contributed by atoms with E-state index in [1.165, 1.54) is 6.92 Å². The van der Waals surface area contributed by atoms with E-state index in [1.54, 1.807) is 6.08 Å². The number of aryl methyl sites for hydroxylation is 1. The van der Waals surface area contributed by atoms with E-state index in [2.05, 4.69) is 16.0 Å². The van der Waals surface area contributed by atoms with Gasteiger partial charge in [0, 0.05) is 24.0 Å². The Hall–Kier alpha value is -3.86. The summed E-state index contributed by atoms with van der Waals surface area (Å²) in [5.74, 6) is -0.686. The zero-order chi connectivity index (χ0) is 20.6. The van der Waals surface area contributed by atoms with Crippen LogP contribution in [-0.4, -0.2) is 11.8 Å². The number of hydrogen-bond donors (Lipinski definition) is 3. The molecule has 0 bridgehead atoms. The van der Waals surface area contributed by atoms with Gasteiger partial charge in [-0.2, -0.15) is 0 Å². The highest BCUT2D eigenvalue weighted by Crippen LogP contribution is 2.19. The number of amides is 2. The number of carbonyl (C=O) groups is 2. The van der Waals surface area contributed by atoms with Crippen LogP contribution >= 0.6 is 0 Å². The molecule has 0 radical (unpaired) electrons. The third-order valence-corrected chi connectivity index (χ3v) is 4.25. The molecule has 3 aromatic rings. The Morgan fingerprint density at radius 1 is 0.759 bits per heavy atom. The molecule has 5 heteroatoms. The van der Waals surface area contributed by atoms with Crippen LogP contribution in [0.4, 0.5) is 17.1 Å². The first-order valence-electron chi connectivity index (χ1n) is 9.29. The lowest BCUT2D eigenvalue weighted by molar-refractivity contribution is -0.120. The van der Waals surface area contributed by atoms with E-state index in [0.29, 0.717) is 5.69 Å². The maximum Gasteiger partial charge on any atom is 0.272 e. The number of rotatable bonds is 6. The van der Waals surface area contributed by atoms with E-state index in [9.17, 15) is 9.59 Å². The Balaban J connectivity index is 1.74. The van der Waals surface area contributed by atoms with Crippen molar-refractivity contribution >= 4 is 35.0 Å². The number of nitrogens with one attached hydrogen (secondary N) is 3. The first-order chi connectivity index (χ1) is 14.0. The second-order valence-electron chi connectivity index (χ2n) is 6.62. The number of carbonyl (C=O) groups excluding carboxylic acids is 2. The summed E-state index contributed by atoms with van der Waals surface area (Å²) in [5.41, 5.74) is 4.60. The summed E-state index contributed by atoms with van der Waals surface area (Å²) < 4.78 is 0. The Morgan fingerprint density at radius 2 is 1.34 bits per heavy atom. The van der Waals surface area contributed by atoms with Gasteiger partial charge in [0.05, 0.1) is 0 Å². The summed E-state index contributed by atoms with van der Waals surface area (Å²) in [6, 6.07) is 24.9. The minimum atomic E-state index is -0.382. The van der Waals surface area contributed by atoms with Gasteiger partial charge >= 0.3 is 0 Å². The fourth-order valence-corrected chi connectivity index (χ4v) is 2.78. The van der Waals surface area contributed by atoms with Gasteiger partial charge in [-0.15, -0.1) is 0 Å². The molecule has 0 saturated heterocycles. The zero-order valence-corrected chi connectivity index (χ0v) is 16.4. The molecule has 0 heterocycles. The monoisotopic (exact) mass is 385 g/mol. The number of anilines is 3. The number of para-hydroxylation sites is 1. The number of benzene rings is 3. The smallest absolute Gasteiger partial charge is 0.272 e. The van der Waals surface area contributed by atoms with Crippen LogP contribution < -0.4 is 16.0 Å². The van der Waals surface area contributed by atoms with Gasteiger partial charge in [-0.25, -0.2) is 0 Å². The van der Waals surface area contributed by atoms with Crippen molar-refractivity contribution in [1.82, 2.24) is 5.32 Å². The first-order valence-corrected chi connectivity index (χ1v) is 9.29. The summed E-state index contributed by atoms with van der Waals surface area (Å²) in [5, 5.41) is 8.74. The van der Waals surface area contributed by atoms with Crippen molar-refractivity contribution in [2.75, 3.05) is 10.6 Å². The van der Waals surface area contributed by atoms with E-state index < -0.39 is 0 Å². The van der Waals surface area contributed by atoms with Crippen LogP contribution in [0.3, 0.4) is 0 Å². The highest BCUT2D eigenvalue weighted by Gasteiger charge is 2.12. The van der Waals surface area contributed by atoms with E-state index in [-0.39, 0.29) is 17.5 Å². The van der Waals surface area contributed by atoms with E-state index in [4.69, 9.17) is 0 Å². The van der Waals surface area contributed by atoms with Crippen LogP contribution in [0.2, 0.25) is 0 Å². The molecule has 0 aliphatic carbocycles. The molecule has 0 spiro atoms. The largest absolute Gasteiger partial charge is 0.356 e. The lowest BCUT2D eigenvalue weighted by Crippen LogP contribution is -2.29. The topological polar surface area (TPSA) is 70.2 Å². The molecule has 0 aliphatic heterocycles. The summed E-state index contributed by atoms with van der Waals surface area (Å²) >= 11 is 0. The standard InChI is InChI=1S/C24H23N3O2/c1-17-8-6-7-9-19(17)16-23(25-18(2)28)24(29)27-22-14-12-21(13-15-22)26-20-10-4-3-5-11-20/h3-16,26H,1-2H3,(H,25,28)(H,27,29). The zero-order valence-electron chi connectivity index (χ0n) is 16.4. The van der Waals surface area contributed by atoms with Crippen molar-refractivity contribution in [3.8, 4) is 0 Å². The average molecular weight is 385 g/mol. The van der Waals surface area contributed by atoms with Gasteiger partial charge in [-0.3, -0.25) is 9.59 Å². The van der Waals surface area contributed by atoms with Gasteiger partial charge in [0.1, 0.15) is 5.70 Å². The molecule has 0 saturated carbocycles. The second kappa shape index (κ2) is 9.37. The molecule has 0 atom stereocenters. The molecule has 0 aliphatic rings. The lowest BCUT2D eigenvalue weighted by Gasteiger charge is -2.12. The van der Waals surface area contributed by atoms with Gasteiger partial charge in [-0.05, 0) is 60.5 Å². The highest BCUT2D eigenvalue weighted by molar-refractivity contribution is 6.08. The molecule has 3 N–H and O–H groups in total. The number of hydrogen-bond acceptors (Lipinski definition) is 3. The molecule has 2 amide bonds. The minimum Gasteiger partial charge on any atom is -0.356 e. The lowest BCUT2D eigenvalue weighted by atomic mass is 10.1. The molecule has 146 valence electrons. The Morgan fingerprint density at radius 3 is 2.00 bits per heavy atom. The van der Waals surface area contributed by atoms with Gasteiger partial charge in [0.15, 0.2) is 0 Å². The van der Waals surface area contributed by atoms with Crippen molar-refractivity contribution in [3.63, 3.8) is 0 Å². The van der Waals surface area contributed by atoms with Crippen LogP contribution in [0.15, 0.2) is 84.6 Å². The Kier molecular flexibility index (Phi) is 6.43. The minimum absolute atomic E-state index is 0.193. The van der Waals surface area contributed by atoms with Crippen molar-refractivity contribution in [1.29, 1.82) is 0 Å². The Bertz CT molecular complexity index is 1030. The molecular formula is C24H23N3O2. The normalized spacial score (nSPS) is 10.9. The molecule has 3 rings (SSSR count). The van der Waals surface area contributed by atoms with Gasteiger partial charge in [0.2, 0.25) is 5.91 Å². The Labute approximate surface area is 170 Å². The van der Waals surface area contributed by atoms with Crippen molar-refractivity contribution in [2.45, 2.75) is 13.8 Å². The summed E-state index contributed by atoms with van der Waals surface area (Å²) in [4.78, 5) is 24.3. The first kappa shape index (κ1) is 19.9. The van der Waals surface area contributed by atoms with Crippen molar-refractivity contribution < 1.29 is 9.59 Å². The quantitative estimate of drug-likeness (QED) is 0.531. The third-order valence-electron chi connectivity index (χ3n) is 4.25. The highest BCUT2D eigenvalue weighted by atomic mass is 16.2. The fourth-order valence-electron chi connectivity index (χ4n) is 2.78. The van der Waals surface area contributed by atoms with Crippen LogP contribution in [0.5, 0.6) is 0 Å². The van der Waals surface area contributed by atoms with Gasteiger partial charge in [0.25, 0.3) is 5.91 Å². The second-order valence-corrected chi connectivity index (χ2v) is 6.62. The molecule has 29 heavy (non-hydrogen) atoms. The van der Waals surface area contributed by atoms with Crippen molar-refractivity contribution in [2.24, 2.45) is 0 Å². The third kappa shape index (κ3) is 5.81. The van der Waals surface area contributed by atoms with Crippen LogP contribution in [0.25, 0.3) is 6.08 Å². The average Bonchev–Trinajstić information content (AvgIpc) is 2.71. The molecule has 0 fully saturated rings. The van der Waals surface area contributed by atoms with Gasteiger partial charge < -0.3 is 16.0 Å². The maximum absolute atomic E-state index is 12.7. The van der Waals surface area contributed by atoms with Crippen molar-refractivity contribution in [3.05, 3.63) is 95.7 Å². The summed E-state index contributed by atoms with van der Waals surface area (Å²) in [6.07, 6.45) is 1.68. The van der Waals surface area contributed by atoms with Crippen LogP contribution in [0.1, 0.15) is 18.1 Å². The predicted molar refractivity (Wildman–Crippen MR) is 118 cm³/mol. The maximum atomic E-state index is 12.7.